The summed E-state index contributed by atoms with van der Waals surface area (Å²) < 4.78 is 0. The Labute approximate surface area is 72.5 Å². The highest BCUT2D eigenvalue weighted by molar-refractivity contribution is 5.99. The molecule has 1 aromatic rings. The van der Waals surface area contributed by atoms with E-state index in [-0.39, 0.29) is 0 Å². The molecule has 0 amide bonds. The van der Waals surface area contributed by atoms with E-state index < -0.39 is 0 Å². The van der Waals surface area contributed by atoms with E-state index in [1.165, 1.54) is 5.56 Å². The summed E-state index contributed by atoms with van der Waals surface area (Å²) in [6, 6.07) is 7.95. The van der Waals surface area contributed by atoms with Gasteiger partial charge in [-0.1, -0.05) is 41.9 Å². The molecule has 1 N–H and O–H groups in total. The summed E-state index contributed by atoms with van der Waals surface area (Å²) in [4.78, 5) is 0. The molecule has 0 aliphatic carbocycles. The van der Waals surface area contributed by atoms with Crippen LogP contribution in [0.25, 0.3) is 0 Å². The largest absolute Gasteiger partial charge is 0.411 e. The molecule has 0 heterocycles. The lowest BCUT2D eigenvalue weighted by atomic mass is 10.1. The molecule has 0 radical (unpaired) electrons. The fraction of sp³-hybridized carbons (Fsp3) is 0.300. The fourth-order valence-corrected chi connectivity index (χ4v) is 1.08. The summed E-state index contributed by atoms with van der Waals surface area (Å²) >= 11 is 0. The molecule has 0 atom stereocenters. The van der Waals surface area contributed by atoms with Gasteiger partial charge in [0.05, 0.1) is 5.71 Å². The molecule has 2 heteroatoms. The molecule has 12 heavy (non-hydrogen) atoms. The first-order valence-corrected chi connectivity index (χ1v) is 4.06. The summed E-state index contributed by atoms with van der Waals surface area (Å²) in [6.07, 6.45) is 0.750. The zero-order chi connectivity index (χ0) is 8.97. The minimum absolute atomic E-state index is 0.731. The Morgan fingerprint density at radius 1 is 1.33 bits per heavy atom. The molecule has 1 rings (SSSR count). The van der Waals surface area contributed by atoms with Crippen LogP contribution in [0.2, 0.25) is 0 Å². The third-order valence-electron chi connectivity index (χ3n) is 1.84. The number of benzene rings is 1. The Morgan fingerprint density at radius 2 is 1.92 bits per heavy atom. The molecular weight excluding hydrogens is 150 g/mol. The summed E-state index contributed by atoms with van der Waals surface area (Å²) in [5.41, 5.74) is 2.94. The van der Waals surface area contributed by atoms with Gasteiger partial charge in [0.1, 0.15) is 0 Å². The molecule has 0 aliphatic heterocycles. The summed E-state index contributed by atoms with van der Waals surface area (Å²) in [6.45, 7) is 4.00. The third-order valence-corrected chi connectivity index (χ3v) is 1.84. The molecule has 0 saturated heterocycles. The zero-order valence-electron chi connectivity index (χ0n) is 7.41. The van der Waals surface area contributed by atoms with Crippen LogP contribution in [0.15, 0.2) is 29.4 Å². The number of hydrogen-bond acceptors (Lipinski definition) is 2. The van der Waals surface area contributed by atoms with Crippen molar-refractivity contribution in [2.45, 2.75) is 20.3 Å². The van der Waals surface area contributed by atoms with Gasteiger partial charge in [-0.15, -0.1) is 0 Å². The standard InChI is InChI=1S/C10H13NO/c1-3-10(11-12)9-6-4-8(2)5-7-9/h4-7,12H,3H2,1-2H3. The monoisotopic (exact) mass is 163 g/mol. The van der Waals surface area contributed by atoms with Gasteiger partial charge in [0.25, 0.3) is 0 Å². The maximum Gasteiger partial charge on any atom is 0.0865 e. The first-order chi connectivity index (χ1) is 5.77. The van der Waals surface area contributed by atoms with Crippen molar-refractivity contribution in [2.75, 3.05) is 0 Å². The average molecular weight is 163 g/mol. The molecule has 0 saturated carbocycles. The summed E-state index contributed by atoms with van der Waals surface area (Å²) in [5, 5.41) is 11.9. The van der Waals surface area contributed by atoms with Crippen molar-refractivity contribution < 1.29 is 5.21 Å². The Balaban J connectivity index is 2.96. The van der Waals surface area contributed by atoms with E-state index in [0.717, 1.165) is 17.7 Å². The lowest BCUT2D eigenvalue weighted by Gasteiger charge is -2.00. The molecule has 0 spiro atoms. The maximum atomic E-state index is 8.64. The van der Waals surface area contributed by atoms with E-state index in [1.54, 1.807) is 0 Å². The number of oxime groups is 1. The third kappa shape index (κ3) is 1.84. The van der Waals surface area contributed by atoms with Crippen molar-refractivity contribution >= 4 is 5.71 Å². The van der Waals surface area contributed by atoms with Gasteiger partial charge >= 0.3 is 0 Å². The molecule has 64 valence electrons. The maximum absolute atomic E-state index is 8.64. The number of hydrogen-bond donors (Lipinski definition) is 1. The number of rotatable bonds is 2. The minimum Gasteiger partial charge on any atom is -0.411 e. The quantitative estimate of drug-likeness (QED) is 0.405. The van der Waals surface area contributed by atoms with Crippen molar-refractivity contribution in [2.24, 2.45) is 5.16 Å². The van der Waals surface area contributed by atoms with Crippen LogP contribution in [0.5, 0.6) is 0 Å². The van der Waals surface area contributed by atoms with E-state index in [0.29, 0.717) is 0 Å². The highest BCUT2D eigenvalue weighted by atomic mass is 16.4. The highest BCUT2D eigenvalue weighted by Crippen LogP contribution is 2.06. The molecule has 2 nitrogen and oxygen atoms in total. The highest BCUT2D eigenvalue weighted by Gasteiger charge is 1.99. The van der Waals surface area contributed by atoms with Crippen molar-refractivity contribution in [3.05, 3.63) is 35.4 Å². The Bertz CT molecular complexity index is 274. The van der Waals surface area contributed by atoms with Gasteiger partial charge in [-0.2, -0.15) is 0 Å². The normalized spacial score (nSPS) is 11.7. The van der Waals surface area contributed by atoms with Crippen LogP contribution < -0.4 is 0 Å². The smallest absolute Gasteiger partial charge is 0.0865 e. The molecule has 0 bridgehead atoms. The molecule has 0 unspecified atom stereocenters. The Hall–Kier alpha value is -1.31. The van der Waals surface area contributed by atoms with Crippen LogP contribution in [-0.2, 0) is 0 Å². The van der Waals surface area contributed by atoms with Gasteiger partial charge in [0.2, 0.25) is 0 Å². The SMILES string of the molecule is CCC(=NO)c1ccc(C)cc1. The van der Waals surface area contributed by atoms with Crippen LogP contribution in [0.4, 0.5) is 0 Å². The van der Waals surface area contributed by atoms with Crippen molar-refractivity contribution in [3.8, 4) is 0 Å². The van der Waals surface area contributed by atoms with E-state index in [2.05, 4.69) is 5.16 Å². The fourth-order valence-electron chi connectivity index (χ4n) is 1.08. The van der Waals surface area contributed by atoms with Gasteiger partial charge in [-0.05, 0) is 18.9 Å². The van der Waals surface area contributed by atoms with Crippen LogP contribution >= 0.6 is 0 Å². The van der Waals surface area contributed by atoms with E-state index in [1.807, 2.05) is 38.1 Å². The molecular formula is C10H13NO. The molecule has 0 aliphatic rings. The van der Waals surface area contributed by atoms with Gasteiger partial charge in [0.15, 0.2) is 0 Å². The van der Waals surface area contributed by atoms with Crippen LogP contribution in [0.1, 0.15) is 24.5 Å². The minimum atomic E-state index is 0.731. The first-order valence-electron chi connectivity index (χ1n) is 4.06. The molecule has 1 aromatic carbocycles. The van der Waals surface area contributed by atoms with E-state index >= 15 is 0 Å². The average Bonchev–Trinajstić information content (AvgIpc) is 2.10. The van der Waals surface area contributed by atoms with Crippen molar-refractivity contribution in [1.29, 1.82) is 0 Å². The summed E-state index contributed by atoms with van der Waals surface area (Å²) in [7, 11) is 0. The zero-order valence-corrected chi connectivity index (χ0v) is 7.41. The lowest BCUT2D eigenvalue weighted by Crippen LogP contribution is -1.98. The second kappa shape index (κ2) is 3.90. The first kappa shape index (κ1) is 8.78. The lowest BCUT2D eigenvalue weighted by molar-refractivity contribution is 0.318. The van der Waals surface area contributed by atoms with Crippen molar-refractivity contribution in [1.82, 2.24) is 0 Å². The number of nitrogens with zero attached hydrogens (tertiary/aromatic N) is 1. The predicted molar refractivity (Wildman–Crippen MR) is 49.8 cm³/mol. The molecule has 0 aromatic heterocycles. The van der Waals surface area contributed by atoms with Gasteiger partial charge in [-0.25, -0.2) is 0 Å². The topological polar surface area (TPSA) is 32.6 Å². The van der Waals surface area contributed by atoms with E-state index in [4.69, 9.17) is 5.21 Å². The van der Waals surface area contributed by atoms with Crippen LogP contribution in [0, 0.1) is 6.92 Å². The summed E-state index contributed by atoms with van der Waals surface area (Å²) in [5.74, 6) is 0. The van der Waals surface area contributed by atoms with Crippen molar-refractivity contribution in [3.63, 3.8) is 0 Å². The Morgan fingerprint density at radius 3 is 2.33 bits per heavy atom. The number of aryl methyl sites for hydroxylation is 1. The predicted octanol–water partition coefficient (Wildman–Crippen LogP) is 2.58. The van der Waals surface area contributed by atoms with Crippen LogP contribution in [-0.4, -0.2) is 10.9 Å². The molecule has 0 fully saturated rings. The van der Waals surface area contributed by atoms with Gasteiger partial charge in [0, 0.05) is 0 Å². The van der Waals surface area contributed by atoms with Gasteiger partial charge in [-0.3, -0.25) is 0 Å². The van der Waals surface area contributed by atoms with Gasteiger partial charge < -0.3 is 5.21 Å². The van der Waals surface area contributed by atoms with E-state index in [9.17, 15) is 0 Å². The van der Waals surface area contributed by atoms with Crippen LogP contribution in [0.3, 0.4) is 0 Å². The second-order valence-corrected chi connectivity index (χ2v) is 2.77. The Kier molecular flexibility index (Phi) is 2.86. The second-order valence-electron chi connectivity index (χ2n) is 2.77.